The molecule has 2 N–H and O–H groups in total. The highest BCUT2D eigenvalue weighted by Gasteiger charge is 2.11. The number of nitrogens with one attached hydrogen (secondary N) is 1. The molecule has 0 aliphatic carbocycles. The number of aromatic hydroxyl groups is 1. The summed E-state index contributed by atoms with van der Waals surface area (Å²) in [6.07, 6.45) is -0.278. The summed E-state index contributed by atoms with van der Waals surface area (Å²) >= 11 is 0. The van der Waals surface area contributed by atoms with E-state index in [1.807, 2.05) is 13.0 Å². The Bertz CT molecular complexity index is 366. The first-order valence-electron chi connectivity index (χ1n) is 5.78. The summed E-state index contributed by atoms with van der Waals surface area (Å²) < 4.78 is 15.2. The molecule has 0 radical (unpaired) electrons. The van der Waals surface area contributed by atoms with E-state index in [1.54, 1.807) is 26.4 Å². The Kier molecular flexibility index (Phi) is 5.91. The summed E-state index contributed by atoms with van der Waals surface area (Å²) in [4.78, 5) is 0. The standard InChI is InChI=1S/C13H21NO4/c1-9(14-8-13(17-3)18-4)10-5-6-12(16-2)11(15)7-10/h5-7,9,13-15H,8H2,1-4H3/t9-/m1/s1. The van der Waals surface area contributed by atoms with E-state index in [0.717, 1.165) is 5.56 Å². The minimum atomic E-state index is -0.278. The first kappa shape index (κ1) is 14.8. The largest absolute Gasteiger partial charge is 0.504 e. The zero-order valence-electron chi connectivity index (χ0n) is 11.3. The molecule has 102 valence electrons. The maximum atomic E-state index is 9.71. The minimum Gasteiger partial charge on any atom is -0.504 e. The van der Waals surface area contributed by atoms with E-state index in [9.17, 15) is 5.11 Å². The summed E-state index contributed by atoms with van der Waals surface area (Å²) in [5, 5.41) is 13.0. The normalized spacial score (nSPS) is 12.7. The Morgan fingerprint density at radius 1 is 1.22 bits per heavy atom. The van der Waals surface area contributed by atoms with Crippen LogP contribution in [-0.2, 0) is 9.47 Å². The van der Waals surface area contributed by atoms with Crippen LogP contribution >= 0.6 is 0 Å². The van der Waals surface area contributed by atoms with E-state index >= 15 is 0 Å². The summed E-state index contributed by atoms with van der Waals surface area (Å²) in [5.74, 6) is 0.608. The van der Waals surface area contributed by atoms with Gasteiger partial charge < -0.3 is 24.6 Å². The van der Waals surface area contributed by atoms with Gasteiger partial charge in [0.15, 0.2) is 17.8 Å². The molecule has 0 amide bonds. The van der Waals surface area contributed by atoms with Crippen LogP contribution in [0.4, 0.5) is 0 Å². The van der Waals surface area contributed by atoms with Gasteiger partial charge in [-0.2, -0.15) is 0 Å². The SMILES string of the molecule is COc1ccc([C@@H](C)NCC(OC)OC)cc1O. The second kappa shape index (κ2) is 7.20. The molecule has 0 spiro atoms. The van der Waals surface area contributed by atoms with Crippen molar-refractivity contribution in [3.05, 3.63) is 23.8 Å². The fourth-order valence-corrected chi connectivity index (χ4v) is 1.63. The predicted octanol–water partition coefficient (Wildman–Crippen LogP) is 1.67. The molecule has 18 heavy (non-hydrogen) atoms. The van der Waals surface area contributed by atoms with Crippen molar-refractivity contribution in [3.8, 4) is 11.5 Å². The number of methoxy groups -OCH3 is 3. The molecular formula is C13H21NO4. The second-order valence-electron chi connectivity index (χ2n) is 3.96. The van der Waals surface area contributed by atoms with E-state index in [-0.39, 0.29) is 18.1 Å². The highest BCUT2D eigenvalue weighted by atomic mass is 16.7. The molecule has 1 aromatic rings. The van der Waals surface area contributed by atoms with Crippen molar-refractivity contribution >= 4 is 0 Å². The molecule has 0 saturated carbocycles. The molecule has 0 bridgehead atoms. The van der Waals surface area contributed by atoms with Crippen LogP contribution in [0, 0.1) is 0 Å². The number of phenolic OH excluding ortho intramolecular Hbond substituents is 1. The lowest BCUT2D eigenvalue weighted by Crippen LogP contribution is -2.31. The monoisotopic (exact) mass is 255 g/mol. The highest BCUT2D eigenvalue weighted by Crippen LogP contribution is 2.28. The van der Waals surface area contributed by atoms with Crippen LogP contribution in [0.1, 0.15) is 18.5 Å². The topological polar surface area (TPSA) is 60.0 Å². The molecular weight excluding hydrogens is 234 g/mol. The van der Waals surface area contributed by atoms with Gasteiger partial charge in [0.05, 0.1) is 7.11 Å². The molecule has 1 atom stereocenters. The van der Waals surface area contributed by atoms with Gasteiger partial charge >= 0.3 is 0 Å². The Labute approximate surface area is 108 Å². The van der Waals surface area contributed by atoms with Crippen LogP contribution in [0.25, 0.3) is 0 Å². The highest BCUT2D eigenvalue weighted by molar-refractivity contribution is 5.42. The maximum absolute atomic E-state index is 9.71. The van der Waals surface area contributed by atoms with E-state index in [1.165, 1.54) is 7.11 Å². The molecule has 0 aliphatic heterocycles. The van der Waals surface area contributed by atoms with Gasteiger partial charge in [-0.25, -0.2) is 0 Å². The Hall–Kier alpha value is -1.30. The van der Waals surface area contributed by atoms with Crippen molar-refractivity contribution in [1.29, 1.82) is 0 Å². The third kappa shape index (κ3) is 3.87. The molecule has 0 aliphatic rings. The summed E-state index contributed by atoms with van der Waals surface area (Å²) in [6.45, 7) is 2.57. The maximum Gasteiger partial charge on any atom is 0.169 e. The molecule has 0 saturated heterocycles. The first-order valence-corrected chi connectivity index (χ1v) is 5.78. The van der Waals surface area contributed by atoms with Crippen molar-refractivity contribution in [2.45, 2.75) is 19.3 Å². The van der Waals surface area contributed by atoms with Crippen LogP contribution in [0.15, 0.2) is 18.2 Å². The van der Waals surface area contributed by atoms with Gasteiger partial charge in [-0.05, 0) is 24.6 Å². The van der Waals surface area contributed by atoms with Crippen molar-refractivity contribution in [2.75, 3.05) is 27.9 Å². The van der Waals surface area contributed by atoms with Crippen molar-refractivity contribution < 1.29 is 19.3 Å². The number of rotatable bonds is 7. The number of benzene rings is 1. The minimum absolute atomic E-state index is 0.0783. The zero-order valence-corrected chi connectivity index (χ0v) is 11.3. The fourth-order valence-electron chi connectivity index (χ4n) is 1.63. The fraction of sp³-hybridized carbons (Fsp3) is 0.538. The summed E-state index contributed by atoms with van der Waals surface area (Å²) in [7, 11) is 4.72. The average Bonchev–Trinajstić information content (AvgIpc) is 2.39. The lowest BCUT2D eigenvalue weighted by Gasteiger charge is -2.19. The summed E-state index contributed by atoms with van der Waals surface area (Å²) in [5.41, 5.74) is 0.972. The second-order valence-corrected chi connectivity index (χ2v) is 3.96. The van der Waals surface area contributed by atoms with Crippen LogP contribution in [0.3, 0.4) is 0 Å². The zero-order chi connectivity index (χ0) is 13.5. The van der Waals surface area contributed by atoms with E-state index < -0.39 is 0 Å². The van der Waals surface area contributed by atoms with Gasteiger partial charge in [0.2, 0.25) is 0 Å². The smallest absolute Gasteiger partial charge is 0.169 e. The van der Waals surface area contributed by atoms with Gasteiger partial charge in [0.25, 0.3) is 0 Å². The first-order chi connectivity index (χ1) is 8.62. The van der Waals surface area contributed by atoms with Crippen LogP contribution in [-0.4, -0.2) is 39.3 Å². The van der Waals surface area contributed by atoms with Crippen LogP contribution in [0.5, 0.6) is 11.5 Å². The molecule has 5 heteroatoms. The van der Waals surface area contributed by atoms with Crippen molar-refractivity contribution in [1.82, 2.24) is 5.32 Å². The number of hydrogen-bond donors (Lipinski definition) is 2. The quantitative estimate of drug-likeness (QED) is 0.726. The lowest BCUT2D eigenvalue weighted by molar-refractivity contribution is -0.0997. The number of phenols is 1. The van der Waals surface area contributed by atoms with Crippen LogP contribution in [0.2, 0.25) is 0 Å². The number of ether oxygens (including phenoxy) is 3. The van der Waals surface area contributed by atoms with Gasteiger partial charge in [-0.15, -0.1) is 0 Å². The van der Waals surface area contributed by atoms with Crippen molar-refractivity contribution in [3.63, 3.8) is 0 Å². The van der Waals surface area contributed by atoms with E-state index in [4.69, 9.17) is 14.2 Å². The molecule has 0 fully saturated rings. The van der Waals surface area contributed by atoms with Gasteiger partial charge in [0, 0.05) is 26.8 Å². The van der Waals surface area contributed by atoms with Crippen LogP contribution < -0.4 is 10.1 Å². The molecule has 0 unspecified atom stereocenters. The Morgan fingerprint density at radius 2 is 1.89 bits per heavy atom. The lowest BCUT2D eigenvalue weighted by atomic mass is 10.1. The third-order valence-corrected chi connectivity index (χ3v) is 2.82. The van der Waals surface area contributed by atoms with E-state index in [0.29, 0.717) is 12.3 Å². The third-order valence-electron chi connectivity index (χ3n) is 2.82. The number of hydrogen-bond acceptors (Lipinski definition) is 5. The Morgan fingerprint density at radius 3 is 2.39 bits per heavy atom. The van der Waals surface area contributed by atoms with Gasteiger partial charge in [0.1, 0.15) is 0 Å². The Balaban J connectivity index is 2.61. The predicted molar refractivity (Wildman–Crippen MR) is 68.9 cm³/mol. The molecule has 0 aromatic heterocycles. The molecule has 1 rings (SSSR count). The molecule has 5 nitrogen and oxygen atoms in total. The van der Waals surface area contributed by atoms with Gasteiger partial charge in [-0.1, -0.05) is 6.07 Å². The van der Waals surface area contributed by atoms with Gasteiger partial charge in [-0.3, -0.25) is 0 Å². The molecule has 0 heterocycles. The van der Waals surface area contributed by atoms with E-state index in [2.05, 4.69) is 5.32 Å². The average molecular weight is 255 g/mol. The molecule has 1 aromatic carbocycles. The van der Waals surface area contributed by atoms with Crippen molar-refractivity contribution in [2.24, 2.45) is 0 Å². The summed E-state index contributed by atoms with van der Waals surface area (Å²) in [6, 6.07) is 5.41.